The van der Waals surface area contributed by atoms with Crippen LogP contribution in [0, 0.1) is 0 Å². The number of aliphatic carboxylic acids is 1. The van der Waals surface area contributed by atoms with Gasteiger partial charge in [-0.1, -0.05) is 0 Å². The number of hydrogen-bond acceptors (Lipinski definition) is 3. The van der Waals surface area contributed by atoms with Crippen molar-refractivity contribution in [2.45, 2.75) is 51.6 Å². The minimum absolute atomic E-state index is 0.0951. The molecule has 1 saturated heterocycles. The first-order chi connectivity index (χ1) is 9.25. The largest absolute Gasteiger partial charge is 0.481 e. The molecular weight excluding hydrogens is 262 g/mol. The number of urea groups is 1. The topological polar surface area (TPSA) is 98.7 Å². The second-order valence-corrected chi connectivity index (χ2v) is 5.60. The van der Waals surface area contributed by atoms with Crippen molar-refractivity contribution in [3.05, 3.63) is 0 Å². The maximum absolute atomic E-state index is 12.2. The predicted molar refractivity (Wildman–Crippen MR) is 73.3 cm³/mol. The summed E-state index contributed by atoms with van der Waals surface area (Å²) >= 11 is 0. The zero-order chi connectivity index (χ0) is 15.3. The van der Waals surface area contributed by atoms with E-state index in [9.17, 15) is 14.4 Å². The van der Waals surface area contributed by atoms with Gasteiger partial charge in [0.05, 0.1) is 0 Å². The molecule has 7 nitrogen and oxygen atoms in total. The maximum atomic E-state index is 12.2. The van der Waals surface area contributed by atoms with E-state index in [4.69, 9.17) is 5.11 Å². The van der Waals surface area contributed by atoms with E-state index in [1.54, 1.807) is 13.8 Å². The van der Waals surface area contributed by atoms with Gasteiger partial charge >= 0.3 is 12.0 Å². The highest BCUT2D eigenvalue weighted by Gasteiger charge is 2.40. The van der Waals surface area contributed by atoms with Crippen LogP contribution in [0.15, 0.2) is 0 Å². The van der Waals surface area contributed by atoms with Gasteiger partial charge in [-0.2, -0.15) is 0 Å². The van der Waals surface area contributed by atoms with E-state index < -0.39 is 11.5 Å². The highest BCUT2D eigenvalue weighted by Crippen LogP contribution is 2.17. The van der Waals surface area contributed by atoms with Crippen molar-refractivity contribution in [1.82, 2.24) is 15.5 Å². The van der Waals surface area contributed by atoms with Crippen LogP contribution in [0.4, 0.5) is 4.79 Å². The van der Waals surface area contributed by atoms with Crippen LogP contribution >= 0.6 is 0 Å². The van der Waals surface area contributed by atoms with E-state index in [-0.39, 0.29) is 24.4 Å². The van der Waals surface area contributed by atoms with Crippen LogP contribution in [0.3, 0.4) is 0 Å². The molecule has 0 saturated carbocycles. The standard InChI is InChI=1S/C13H23N3O4/c1-9(5-4-6-10(17)18)15-12(20)16-8-7-14-11(19)13(16,2)3/h9H,4-8H2,1-3H3,(H,14,19)(H,15,20)(H,17,18). The third-order valence-corrected chi connectivity index (χ3v) is 3.49. The lowest BCUT2D eigenvalue weighted by Crippen LogP contribution is -2.65. The van der Waals surface area contributed by atoms with E-state index in [0.29, 0.717) is 25.9 Å². The van der Waals surface area contributed by atoms with Crippen molar-refractivity contribution in [1.29, 1.82) is 0 Å². The first-order valence-corrected chi connectivity index (χ1v) is 6.83. The third kappa shape index (κ3) is 4.11. The minimum atomic E-state index is -0.872. The Hall–Kier alpha value is -1.79. The summed E-state index contributed by atoms with van der Waals surface area (Å²) in [6, 6.07) is -0.407. The number of carboxylic acid groups (broad SMARTS) is 1. The van der Waals surface area contributed by atoms with Crippen molar-refractivity contribution in [2.24, 2.45) is 0 Å². The number of amides is 3. The highest BCUT2D eigenvalue weighted by atomic mass is 16.4. The molecule has 1 aliphatic heterocycles. The Morgan fingerprint density at radius 2 is 2.15 bits per heavy atom. The number of nitrogens with one attached hydrogen (secondary N) is 2. The molecular formula is C13H23N3O4. The average molecular weight is 285 g/mol. The van der Waals surface area contributed by atoms with E-state index in [2.05, 4.69) is 10.6 Å². The van der Waals surface area contributed by atoms with Gasteiger partial charge in [0.15, 0.2) is 0 Å². The van der Waals surface area contributed by atoms with Crippen LogP contribution in [-0.2, 0) is 9.59 Å². The van der Waals surface area contributed by atoms with E-state index in [1.165, 1.54) is 4.90 Å². The van der Waals surface area contributed by atoms with E-state index in [0.717, 1.165) is 0 Å². The van der Waals surface area contributed by atoms with Gasteiger partial charge in [-0.3, -0.25) is 9.59 Å². The van der Waals surface area contributed by atoms with Gasteiger partial charge in [0.25, 0.3) is 0 Å². The Morgan fingerprint density at radius 1 is 1.50 bits per heavy atom. The summed E-state index contributed by atoms with van der Waals surface area (Å²) in [5.74, 6) is -1.00. The van der Waals surface area contributed by atoms with Crippen LogP contribution in [0.25, 0.3) is 0 Å². The average Bonchev–Trinajstić information content (AvgIpc) is 2.31. The Morgan fingerprint density at radius 3 is 2.75 bits per heavy atom. The van der Waals surface area contributed by atoms with Gasteiger partial charge in [0, 0.05) is 25.6 Å². The second-order valence-electron chi connectivity index (χ2n) is 5.60. The zero-order valence-corrected chi connectivity index (χ0v) is 12.2. The van der Waals surface area contributed by atoms with Crippen molar-refractivity contribution < 1.29 is 19.5 Å². The summed E-state index contributed by atoms with van der Waals surface area (Å²) in [6.45, 7) is 6.15. The molecule has 1 aliphatic rings. The predicted octanol–water partition coefficient (Wildman–Crippen LogP) is 0.550. The Bertz CT molecular complexity index is 395. The Labute approximate surface area is 118 Å². The molecule has 1 rings (SSSR count). The minimum Gasteiger partial charge on any atom is -0.481 e. The molecule has 3 N–H and O–H groups in total. The fourth-order valence-corrected chi connectivity index (χ4v) is 2.18. The number of nitrogens with zero attached hydrogens (tertiary/aromatic N) is 1. The van der Waals surface area contributed by atoms with Gasteiger partial charge < -0.3 is 20.6 Å². The van der Waals surface area contributed by atoms with Crippen LogP contribution in [-0.4, -0.2) is 52.6 Å². The second kappa shape index (κ2) is 6.58. The quantitative estimate of drug-likeness (QED) is 0.687. The number of carboxylic acids is 1. The lowest BCUT2D eigenvalue weighted by atomic mass is 9.99. The highest BCUT2D eigenvalue weighted by molar-refractivity contribution is 5.91. The van der Waals surface area contributed by atoms with E-state index >= 15 is 0 Å². The van der Waals surface area contributed by atoms with Crippen LogP contribution < -0.4 is 10.6 Å². The molecule has 1 fully saturated rings. The zero-order valence-electron chi connectivity index (χ0n) is 12.2. The van der Waals surface area contributed by atoms with Crippen LogP contribution in [0.2, 0.25) is 0 Å². The Balaban J connectivity index is 2.49. The SMILES string of the molecule is CC(CCCC(=O)O)NC(=O)N1CCNC(=O)C1(C)C. The van der Waals surface area contributed by atoms with Crippen molar-refractivity contribution >= 4 is 17.9 Å². The summed E-state index contributed by atoms with van der Waals surface area (Å²) in [4.78, 5) is 35.9. The lowest BCUT2D eigenvalue weighted by molar-refractivity contribution is -0.137. The molecule has 0 aromatic rings. The van der Waals surface area contributed by atoms with Crippen LogP contribution in [0.1, 0.15) is 40.0 Å². The first kappa shape index (κ1) is 16.3. The van der Waals surface area contributed by atoms with Gasteiger partial charge in [-0.25, -0.2) is 4.79 Å². The number of rotatable bonds is 5. The molecule has 1 atom stereocenters. The molecule has 1 unspecified atom stereocenters. The molecule has 7 heteroatoms. The van der Waals surface area contributed by atoms with E-state index in [1.807, 2.05) is 6.92 Å². The number of carbonyl (C=O) groups is 3. The monoisotopic (exact) mass is 285 g/mol. The van der Waals surface area contributed by atoms with Crippen LogP contribution in [0.5, 0.6) is 0 Å². The first-order valence-electron chi connectivity index (χ1n) is 6.83. The fraction of sp³-hybridized carbons (Fsp3) is 0.769. The summed E-state index contributed by atoms with van der Waals surface area (Å²) in [6.07, 6.45) is 1.21. The molecule has 0 spiro atoms. The number of piperazine rings is 1. The maximum Gasteiger partial charge on any atom is 0.318 e. The van der Waals surface area contributed by atoms with Gasteiger partial charge in [-0.05, 0) is 33.6 Å². The summed E-state index contributed by atoms with van der Waals surface area (Å²) < 4.78 is 0. The smallest absolute Gasteiger partial charge is 0.318 e. The molecule has 114 valence electrons. The molecule has 3 amide bonds. The molecule has 0 radical (unpaired) electrons. The summed E-state index contributed by atoms with van der Waals surface area (Å²) in [5, 5.41) is 14.1. The molecule has 20 heavy (non-hydrogen) atoms. The molecule has 0 aromatic heterocycles. The van der Waals surface area contributed by atoms with Crippen molar-refractivity contribution in [2.75, 3.05) is 13.1 Å². The molecule has 0 bridgehead atoms. The fourth-order valence-electron chi connectivity index (χ4n) is 2.18. The lowest BCUT2D eigenvalue weighted by Gasteiger charge is -2.41. The normalized spacial score (nSPS) is 19.1. The van der Waals surface area contributed by atoms with Crippen molar-refractivity contribution in [3.63, 3.8) is 0 Å². The number of hydrogen-bond donors (Lipinski definition) is 3. The molecule has 0 aromatic carbocycles. The number of carbonyl (C=O) groups excluding carboxylic acids is 2. The summed E-state index contributed by atoms with van der Waals surface area (Å²) in [7, 11) is 0. The Kier molecular flexibility index (Phi) is 5.35. The van der Waals surface area contributed by atoms with Crippen molar-refractivity contribution in [3.8, 4) is 0 Å². The van der Waals surface area contributed by atoms with Gasteiger partial charge in [0.2, 0.25) is 5.91 Å². The molecule has 0 aliphatic carbocycles. The molecule has 1 heterocycles. The van der Waals surface area contributed by atoms with Gasteiger partial charge in [0.1, 0.15) is 5.54 Å². The summed E-state index contributed by atoms with van der Waals surface area (Å²) in [5.41, 5.74) is -0.872. The van der Waals surface area contributed by atoms with Gasteiger partial charge in [-0.15, -0.1) is 0 Å². The third-order valence-electron chi connectivity index (χ3n) is 3.49.